The molecule has 0 spiro atoms. The fourth-order valence-electron chi connectivity index (χ4n) is 6.15. The predicted molar refractivity (Wildman–Crippen MR) is 195 cm³/mol. The summed E-state index contributed by atoms with van der Waals surface area (Å²) in [7, 11) is 0. The first-order chi connectivity index (χ1) is 24.8. The van der Waals surface area contributed by atoms with Crippen LogP contribution in [0, 0.1) is 22.7 Å². The highest BCUT2D eigenvalue weighted by Crippen LogP contribution is 2.35. The van der Waals surface area contributed by atoms with Gasteiger partial charge in [-0.25, -0.2) is 4.79 Å². The number of aliphatic carboxylic acids is 3. The molecule has 16 heteroatoms. The Kier molecular flexibility index (Phi) is 21.8. The summed E-state index contributed by atoms with van der Waals surface area (Å²) in [5.74, 6) is -5.25. The van der Waals surface area contributed by atoms with Crippen molar-refractivity contribution in [3.05, 3.63) is 0 Å². The molecule has 304 valence electrons. The van der Waals surface area contributed by atoms with Crippen LogP contribution in [0.3, 0.4) is 0 Å². The summed E-state index contributed by atoms with van der Waals surface area (Å²) in [4.78, 5) is 85.3. The SMILES string of the molecule is CCOCCOCCCNC(=O)C(CCC(=O)O)NC(=O)CCC(NC(=O)C1CCC(CNC(=O)CC(C)(C)CCC(C)(C)CC(=O)O)CC1)C(=O)O. The van der Waals surface area contributed by atoms with Crippen molar-refractivity contribution in [2.24, 2.45) is 22.7 Å². The number of hydrogen-bond acceptors (Lipinski definition) is 9. The molecule has 1 rings (SSSR count). The molecule has 1 saturated carbocycles. The van der Waals surface area contributed by atoms with Crippen LogP contribution in [0.5, 0.6) is 0 Å². The van der Waals surface area contributed by atoms with Gasteiger partial charge in [-0.15, -0.1) is 0 Å². The topological polar surface area (TPSA) is 247 Å². The first kappa shape index (κ1) is 47.2. The lowest BCUT2D eigenvalue weighted by molar-refractivity contribution is -0.143. The van der Waals surface area contributed by atoms with Crippen LogP contribution in [0.4, 0.5) is 0 Å². The van der Waals surface area contributed by atoms with Gasteiger partial charge in [0.25, 0.3) is 0 Å². The van der Waals surface area contributed by atoms with E-state index in [1.165, 1.54) is 0 Å². The summed E-state index contributed by atoms with van der Waals surface area (Å²) < 4.78 is 10.6. The largest absolute Gasteiger partial charge is 0.481 e. The Morgan fingerprint density at radius 2 is 1.30 bits per heavy atom. The molecule has 16 nitrogen and oxygen atoms in total. The van der Waals surface area contributed by atoms with Crippen LogP contribution < -0.4 is 21.3 Å². The van der Waals surface area contributed by atoms with E-state index >= 15 is 0 Å². The Morgan fingerprint density at radius 3 is 1.89 bits per heavy atom. The Labute approximate surface area is 313 Å². The first-order valence-corrected chi connectivity index (χ1v) is 18.8. The molecule has 2 atom stereocenters. The second-order valence-electron chi connectivity index (χ2n) is 15.5. The standard InChI is InChI=1S/C37H64N4O12/c1-6-52-20-21-53-19-7-18-38-34(49)27(13-15-31(44)45)40-29(42)14-12-28(35(50)51)41-33(48)26-10-8-25(9-11-26)24-39-30(43)22-36(2,3)16-17-37(4,5)23-32(46)47/h25-28H,6-24H2,1-5H3,(H,38,49)(H,39,43)(H,40,42)(H,41,48)(H,44,45)(H,46,47)(H,50,51). The molecule has 0 saturated heterocycles. The van der Waals surface area contributed by atoms with Gasteiger partial charge in [-0.3, -0.25) is 28.8 Å². The molecule has 4 amide bonds. The number of ether oxygens (including phenoxy) is 2. The molecule has 1 aliphatic rings. The van der Waals surface area contributed by atoms with Gasteiger partial charge >= 0.3 is 17.9 Å². The van der Waals surface area contributed by atoms with E-state index in [2.05, 4.69) is 21.3 Å². The molecule has 1 aliphatic carbocycles. The van der Waals surface area contributed by atoms with Crippen molar-refractivity contribution in [2.45, 2.75) is 130 Å². The number of carbonyl (C=O) groups is 7. The number of amides is 4. The van der Waals surface area contributed by atoms with Crippen molar-refractivity contribution in [1.29, 1.82) is 0 Å². The summed E-state index contributed by atoms with van der Waals surface area (Å²) in [5.41, 5.74) is -0.661. The molecule has 7 N–H and O–H groups in total. The van der Waals surface area contributed by atoms with E-state index < -0.39 is 53.6 Å². The van der Waals surface area contributed by atoms with Gasteiger partial charge in [0.05, 0.1) is 19.6 Å². The molecule has 0 aromatic heterocycles. The van der Waals surface area contributed by atoms with Crippen LogP contribution >= 0.6 is 0 Å². The average Bonchev–Trinajstić information content (AvgIpc) is 3.07. The van der Waals surface area contributed by atoms with Crippen LogP contribution in [0.2, 0.25) is 0 Å². The Balaban J connectivity index is 2.51. The minimum absolute atomic E-state index is 0.0673. The second-order valence-corrected chi connectivity index (χ2v) is 15.5. The third-order valence-corrected chi connectivity index (χ3v) is 9.47. The third kappa shape index (κ3) is 22.1. The van der Waals surface area contributed by atoms with Crippen LogP contribution in [0.1, 0.15) is 118 Å². The van der Waals surface area contributed by atoms with Gasteiger partial charge in [-0.1, -0.05) is 27.7 Å². The lowest BCUT2D eigenvalue weighted by Crippen LogP contribution is -2.48. The number of nitrogens with one attached hydrogen (secondary N) is 4. The summed E-state index contributed by atoms with van der Waals surface area (Å²) in [6, 6.07) is -2.47. The van der Waals surface area contributed by atoms with Gasteiger partial charge in [0.15, 0.2) is 0 Å². The number of rotatable bonds is 28. The molecule has 0 aromatic rings. The predicted octanol–water partition coefficient (Wildman–Crippen LogP) is 2.87. The van der Waals surface area contributed by atoms with Gasteiger partial charge in [0, 0.05) is 51.5 Å². The number of carbonyl (C=O) groups excluding carboxylic acids is 4. The van der Waals surface area contributed by atoms with Crippen molar-refractivity contribution < 1.29 is 58.4 Å². The van der Waals surface area contributed by atoms with E-state index in [4.69, 9.17) is 19.7 Å². The summed E-state index contributed by atoms with van der Waals surface area (Å²) in [5, 5.41) is 38.7. The fraction of sp³-hybridized carbons (Fsp3) is 0.811. The molecule has 0 aliphatic heterocycles. The van der Waals surface area contributed by atoms with E-state index in [1.807, 2.05) is 34.6 Å². The van der Waals surface area contributed by atoms with Gasteiger partial charge in [-0.2, -0.15) is 0 Å². The minimum Gasteiger partial charge on any atom is -0.481 e. The maximum absolute atomic E-state index is 13.0. The highest BCUT2D eigenvalue weighted by molar-refractivity contribution is 5.89. The van der Waals surface area contributed by atoms with Gasteiger partial charge in [-0.05, 0) is 81.5 Å². The van der Waals surface area contributed by atoms with Crippen molar-refractivity contribution in [3.63, 3.8) is 0 Å². The monoisotopic (exact) mass is 756 g/mol. The molecule has 0 aromatic carbocycles. The lowest BCUT2D eigenvalue weighted by atomic mass is 9.76. The zero-order valence-electron chi connectivity index (χ0n) is 32.3. The fourth-order valence-corrected chi connectivity index (χ4v) is 6.15. The second kappa shape index (κ2) is 24.5. The van der Waals surface area contributed by atoms with Crippen molar-refractivity contribution in [1.82, 2.24) is 21.3 Å². The Bertz CT molecular complexity index is 1200. The molecule has 0 bridgehead atoms. The lowest BCUT2D eigenvalue weighted by Gasteiger charge is -2.31. The van der Waals surface area contributed by atoms with Crippen molar-refractivity contribution >= 4 is 41.5 Å². The van der Waals surface area contributed by atoms with Gasteiger partial charge < -0.3 is 46.1 Å². The summed E-state index contributed by atoms with van der Waals surface area (Å²) in [6.07, 6.45) is 3.58. The highest BCUT2D eigenvalue weighted by Gasteiger charge is 2.32. The van der Waals surface area contributed by atoms with E-state index in [1.54, 1.807) is 0 Å². The van der Waals surface area contributed by atoms with Crippen LogP contribution in [0.15, 0.2) is 0 Å². The maximum atomic E-state index is 13.0. The zero-order chi connectivity index (χ0) is 40.0. The molecule has 0 radical (unpaired) electrons. The van der Waals surface area contributed by atoms with Gasteiger partial charge in [0.2, 0.25) is 23.6 Å². The van der Waals surface area contributed by atoms with Crippen LogP contribution in [-0.4, -0.2) is 108 Å². The van der Waals surface area contributed by atoms with E-state index in [-0.39, 0.29) is 61.3 Å². The number of carboxylic acid groups (broad SMARTS) is 3. The van der Waals surface area contributed by atoms with Crippen molar-refractivity contribution in [3.8, 4) is 0 Å². The van der Waals surface area contributed by atoms with Gasteiger partial charge in [0.1, 0.15) is 12.1 Å². The van der Waals surface area contributed by atoms with Crippen LogP contribution in [-0.2, 0) is 43.0 Å². The summed E-state index contributed by atoms with van der Waals surface area (Å²) >= 11 is 0. The van der Waals surface area contributed by atoms with E-state index in [9.17, 15) is 38.7 Å². The molecule has 53 heavy (non-hydrogen) atoms. The maximum Gasteiger partial charge on any atom is 0.326 e. The first-order valence-electron chi connectivity index (χ1n) is 18.8. The quantitative estimate of drug-likeness (QED) is 0.0570. The smallest absolute Gasteiger partial charge is 0.326 e. The third-order valence-electron chi connectivity index (χ3n) is 9.47. The number of carboxylic acids is 3. The molecular weight excluding hydrogens is 692 g/mol. The zero-order valence-corrected chi connectivity index (χ0v) is 32.3. The molecule has 0 heterocycles. The molecule has 2 unspecified atom stereocenters. The summed E-state index contributed by atoms with van der Waals surface area (Å²) in [6.45, 7) is 12.2. The average molecular weight is 757 g/mol. The van der Waals surface area contributed by atoms with E-state index in [0.717, 1.165) is 0 Å². The molecular formula is C37H64N4O12. The Morgan fingerprint density at radius 1 is 0.698 bits per heavy atom. The Hall–Kier alpha value is -3.79. The molecule has 1 fully saturated rings. The highest BCUT2D eigenvalue weighted by atomic mass is 16.5. The minimum atomic E-state index is -1.34. The normalized spacial score (nSPS) is 17.2. The van der Waals surface area contributed by atoms with Crippen molar-refractivity contribution in [2.75, 3.05) is 39.5 Å². The van der Waals surface area contributed by atoms with E-state index in [0.29, 0.717) is 84.3 Å². The number of hydrogen-bond donors (Lipinski definition) is 7. The van der Waals surface area contributed by atoms with Crippen LogP contribution in [0.25, 0.3) is 0 Å².